The molecule has 0 amide bonds. The van der Waals surface area contributed by atoms with Gasteiger partial charge in [0.05, 0.1) is 5.56 Å². The Morgan fingerprint density at radius 3 is 2.14 bits per heavy atom. The summed E-state index contributed by atoms with van der Waals surface area (Å²) >= 11 is 0. The zero-order chi connectivity index (χ0) is 13.6. The molecule has 0 aromatic heterocycles. The van der Waals surface area contributed by atoms with Crippen LogP contribution in [0.3, 0.4) is 0 Å². The number of hydrogen-bond acceptors (Lipinski definition) is 0. The molecule has 1 aliphatic carbocycles. The summed E-state index contributed by atoms with van der Waals surface area (Å²) in [5.41, 5.74) is 3.32. The molecule has 0 spiro atoms. The van der Waals surface area contributed by atoms with E-state index in [2.05, 4.69) is 0 Å². The topological polar surface area (TPSA) is 0 Å². The second-order valence-electron chi connectivity index (χ2n) is 4.79. The minimum absolute atomic E-state index is 0. The van der Waals surface area contributed by atoms with Crippen molar-refractivity contribution in [2.75, 3.05) is 0 Å². The van der Waals surface area contributed by atoms with Gasteiger partial charge in [0.15, 0.2) is 0 Å². The predicted molar refractivity (Wildman–Crippen MR) is 81.9 cm³/mol. The van der Waals surface area contributed by atoms with Gasteiger partial charge in [0.1, 0.15) is 17.5 Å². The Hall–Kier alpha value is -1.32. The van der Waals surface area contributed by atoms with Crippen molar-refractivity contribution in [3.8, 4) is 11.1 Å². The van der Waals surface area contributed by atoms with Crippen LogP contribution >= 0.6 is 0 Å². The molecule has 4 heteroatoms. The Bertz CT molecular complexity index is 682. The fraction of sp³-hybridized carbons (Fsp3) is 0.111. The molecule has 0 saturated carbocycles. The fourth-order valence-corrected chi connectivity index (χ4v) is 2.55. The van der Waals surface area contributed by atoms with Crippen molar-refractivity contribution in [1.82, 2.24) is 0 Å². The average Bonchev–Trinajstić information content (AvgIpc) is 2.68. The van der Waals surface area contributed by atoms with E-state index < -0.39 is 17.5 Å². The molecule has 0 heterocycles. The summed E-state index contributed by atoms with van der Waals surface area (Å²) < 4.78 is 40.7. The molecular weight excluding hydrogens is 321 g/mol. The van der Waals surface area contributed by atoms with E-state index in [-0.39, 0.29) is 42.1 Å². The molecule has 0 bridgehead atoms. The first-order valence-electron chi connectivity index (χ1n) is 6.00. The van der Waals surface area contributed by atoms with Crippen molar-refractivity contribution in [2.45, 2.75) is 13.3 Å². The standard InChI is InChI=1S/C16H11F3.2CH3.Ti/c1-9-5-10-3-2-4-12(13(10)6-9)16-14(18)7-11(17)8-15(16)19;;;/h2-4,6-8H,5H2,1H3;2*1H3;/q;2*-1;+2. The van der Waals surface area contributed by atoms with Gasteiger partial charge < -0.3 is 14.9 Å². The Labute approximate surface area is 144 Å². The van der Waals surface area contributed by atoms with E-state index >= 15 is 0 Å². The Morgan fingerprint density at radius 2 is 1.55 bits per heavy atom. The van der Waals surface area contributed by atoms with E-state index in [0.29, 0.717) is 17.7 Å². The molecule has 0 saturated heterocycles. The molecule has 0 aliphatic heterocycles. The van der Waals surface area contributed by atoms with Gasteiger partial charge in [0.25, 0.3) is 0 Å². The minimum Gasteiger partial charge on any atom is -0.358 e. The van der Waals surface area contributed by atoms with Crippen molar-refractivity contribution < 1.29 is 34.9 Å². The van der Waals surface area contributed by atoms with Crippen LogP contribution in [0.4, 0.5) is 13.2 Å². The van der Waals surface area contributed by atoms with E-state index in [1.54, 1.807) is 12.1 Å². The summed E-state index contributed by atoms with van der Waals surface area (Å²) in [5.74, 6) is -2.65. The maximum absolute atomic E-state index is 13.9. The van der Waals surface area contributed by atoms with Gasteiger partial charge in [-0.1, -0.05) is 29.8 Å². The van der Waals surface area contributed by atoms with E-state index in [1.165, 1.54) is 0 Å². The third kappa shape index (κ3) is 3.53. The minimum atomic E-state index is -0.905. The summed E-state index contributed by atoms with van der Waals surface area (Å²) in [5, 5.41) is 0. The third-order valence-corrected chi connectivity index (χ3v) is 3.33. The van der Waals surface area contributed by atoms with Crippen LogP contribution in [0.2, 0.25) is 0 Å². The second-order valence-corrected chi connectivity index (χ2v) is 4.79. The van der Waals surface area contributed by atoms with Gasteiger partial charge in [-0.25, -0.2) is 13.2 Å². The smallest absolute Gasteiger partial charge is 0.358 e. The van der Waals surface area contributed by atoms with E-state index in [1.807, 2.05) is 19.1 Å². The molecule has 3 rings (SSSR count). The summed E-state index contributed by atoms with van der Waals surface area (Å²) in [6.45, 7) is 1.97. The van der Waals surface area contributed by atoms with Crippen molar-refractivity contribution in [3.63, 3.8) is 0 Å². The number of halogens is 3. The second kappa shape index (κ2) is 7.80. The average molecular weight is 338 g/mol. The van der Waals surface area contributed by atoms with Crippen molar-refractivity contribution in [1.29, 1.82) is 0 Å². The van der Waals surface area contributed by atoms with Crippen LogP contribution in [0.1, 0.15) is 18.1 Å². The molecular formula is C18H17F3Ti. The van der Waals surface area contributed by atoms with Crippen LogP contribution in [0.5, 0.6) is 0 Å². The summed E-state index contributed by atoms with van der Waals surface area (Å²) in [7, 11) is 0. The molecule has 22 heavy (non-hydrogen) atoms. The summed E-state index contributed by atoms with van der Waals surface area (Å²) in [4.78, 5) is 0. The first kappa shape index (κ1) is 20.7. The van der Waals surface area contributed by atoms with Gasteiger partial charge in [-0.2, -0.15) is 0 Å². The Morgan fingerprint density at radius 1 is 0.955 bits per heavy atom. The molecule has 1 aliphatic rings. The number of rotatable bonds is 1. The molecule has 2 aromatic carbocycles. The van der Waals surface area contributed by atoms with Gasteiger partial charge in [0, 0.05) is 12.1 Å². The Balaban J connectivity index is 0.00000147. The number of hydrogen-bond donors (Lipinski definition) is 0. The molecule has 114 valence electrons. The largest absolute Gasteiger partial charge is 2.00 e. The number of fused-ring (bicyclic) bond motifs is 1. The number of allylic oxidation sites excluding steroid dienone is 1. The quantitative estimate of drug-likeness (QED) is 0.467. The maximum Gasteiger partial charge on any atom is 2.00 e. The van der Waals surface area contributed by atoms with Gasteiger partial charge in [-0.05, 0) is 30.0 Å². The van der Waals surface area contributed by atoms with E-state index in [9.17, 15) is 13.2 Å². The first-order valence-corrected chi connectivity index (χ1v) is 6.00. The predicted octanol–water partition coefficient (Wildman–Crippen LogP) is 5.63. The van der Waals surface area contributed by atoms with Crippen LogP contribution in [-0.2, 0) is 28.1 Å². The fourth-order valence-electron chi connectivity index (χ4n) is 2.55. The zero-order valence-corrected chi connectivity index (χ0v) is 14.4. The first-order chi connectivity index (χ1) is 9.06. The van der Waals surface area contributed by atoms with Gasteiger partial charge in [-0.15, -0.1) is 0 Å². The molecule has 0 radical (unpaired) electrons. The summed E-state index contributed by atoms with van der Waals surface area (Å²) in [6, 6.07) is 6.79. The molecule has 2 aromatic rings. The summed E-state index contributed by atoms with van der Waals surface area (Å²) in [6.07, 6.45) is 2.71. The van der Waals surface area contributed by atoms with Crippen LogP contribution in [0, 0.1) is 32.3 Å². The SMILES string of the molecule is CC1=Cc2c(cccc2-c2c(F)cc(F)cc2F)C1.[CH3-].[CH3-].[Ti+2]. The van der Waals surface area contributed by atoms with Crippen molar-refractivity contribution >= 4 is 6.08 Å². The van der Waals surface area contributed by atoms with Gasteiger partial charge in [0.2, 0.25) is 0 Å². The molecule has 0 unspecified atom stereocenters. The van der Waals surface area contributed by atoms with E-state index in [0.717, 1.165) is 23.1 Å². The molecule has 0 atom stereocenters. The number of benzene rings is 2. The Kier molecular flexibility index (Phi) is 7.33. The van der Waals surface area contributed by atoms with Crippen LogP contribution < -0.4 is 0 Å². The van der Waals surface area contributed by atoms with E-state index in [4.69, 9.17) is 0 Å². The maximum atomic E-state index is 13.9. The van der Waals surface area contributed by atoms with Crippen LogP contribution in [0.15, 0.2) is 35.9 Å². The van der Waals surface area contributed by atoms with Crippen molar-refractivity contribution in [3.05, 3.63) is 79.3 Å². The molecule has 0 N–H and O–H groups in total. The van der Waals surface area contributed by atoms with Crippen LogP contribution in [-0.4, -0.2) is 0 Å². The normalized spacial score (nSPS) is 11.5. The van der Waals surface area contributed by atoms with Crippen LogP contribution in [0.25, 0.3) is 17.2 Å². The monoisotopic (exact) mass is 338 g/mol. The van der Waals surface area contributed by atoms with Crippen molar-refractivity contribution in [2.24, 2.45) is 0 Å². The molecule has 0 fully saturated rings. The zero-order valence-electron chi connectivity index (χ0n) is 12.8. The third-order valence-electron chi connectivity index (χ3n) is 3.33. The van der Waals surface area contributed by atoms with Gasteiger partial charge in [-0.3, -0.25) is 0 Å². The van der Waals surface area contributed by atoms with Gasteiger partial charge >= 0.3 is 21.7 Å². The molecule has 0 nitrogen and oxygen atoms in total.